The van der Waals surface area contributed by atoms with Gasteiger partial charge in [0, 0.05) is 17.7 Å². The zero-order valence-corrected chi connectivity index (χ0v) is 11.6. The molecule has 1 amide bonds. The van der Waals surface area contributed by atoms with Gasteiger partial charge in [0.25, 0.3) is 5.91 Å². The molecule has 0 radical (unpaired) electrons. The van der Waals surface area contributed by atoms with Crippen LogP contribution in [0.3, 0.4) is 0 Å². The monoisotopic (exact) mass is 296 g/mol. The smallest absolute Gasteiger partial charge is 0.289 e. The number of carbonyl (C=O) groups excluding carboxylic acids is 1. The van der Waals surface area contributed by atoms with E-state index in [9.17, 15) is 9.18 Å². The van der Waals surface area contributed by atoms with Gasteiger partial charge in [0.15, 0.2) is 6.39 Å². The summed E-state index contributed by atoms with van der Waals surface area (Å²) in [6.45, 7) is 0.0838. The van der Waals surface area contributed by atoms with E-state index in [1.807, 2.05) is 30.3 Å². The molecule has 110 valence electrons. The molecule has 0 fully saturated rings. The first-order valence-corrected chi connectivity index (χ1v) is 6.76. The molecule has 0 aliphatic heterocycles. The Kier molecular flexibility index (Phi) is 3.96. The summed E-state index contributed by atoms with van der Waals surface area (Å²) in [5.41, 5.74) is 1.66. The molecule has 5 heteroatoms. The summed E-state index contributed by atoms with van der Waals surface area (Å²) >= 11 is 0. The van der Waals surface area contributed by atoms with Gasteiger partial charge >= 0.3 is 0 Å². The lowest BCUT2D eigenvalue weighted by Crippen LogP contribution is -2.23. The van der Waals surface area contributed by atoms with Crippen LogP contribution in [0.25, 0.3) is 11.3 Å². The Bertz CT molecular complexity index is 784. The fourth-order valence-electron chi connectivity index (χ4n) is 2.11. The number of nitrogens with zero attached hydrogens (tertiary/aromatic N) is 1. The minimum Gasteiger partial charge on any atom is -0.438 e. The fraction of sp³-hybridized carbons (Fsp3) is 0.0588. The van der Waals surface area contributed by atoms with Gasteiger partial charge in [0.1, 0.15) is 11.5 Å². The van der Waals surface area contributed by atoms with Crippen molar-refractivity contribution in [2.45, 2.75) is 6.54 Å². The molecule has 0 saturated carbocycles. The number of aromatic nitrogens is 1. The lowest BCUT2D eigenvalue weighted by atomic mass is 10.1. The number of amides is 1. The number of hydrogen-bond acceptors (Lipinski definition) is 3. The van der Waals surface area contributed by atoms with Gasteiger partial charge in [-0.25, -0.2) is 9.37 Å². The summed E-state index contributed by atoms with van der Waals surface area (Å²) in [4.78, 5) is 16.3. The summed E-state index contributed by atoms with van der Waals surface area (Å²) in [5, 5.41) is 2.64. The van der Waals surface area contributed by atoms with Crippen molar-refractivity contribution < 1.29 is 13.6 Å². The highest BCUT2D eigenvalue weighted by molar-refractivity contribution is 5.97. The van der Waals surface area contributed by atoms with Crippen LogP contribution in [0, 0.1) is 5.82 Å². The van der Waals surface area contributed by atoms with E-state index in [1.165, 1.54) is 12.5 Å². The Labute approximate surface area is 126 Å². The van der Waals surface area contributed by atoms with Crippen LogP contribution in [0.1, 0.15) is 16.1 Å². The molecule has 0 atom stereocenters. The molecule has 0 bridgehead atoms. The summed E-state index contributed by atoms with van der Waals surface area (Å²) in [6.07, 6.45) is 1.22. The van der Waals surface area contributed by atoms with E-state index in [1.54, 1.807) is 18.2 Å². The zero-order chi connectivity index (χ0) is 15.4. The van der Waals surface area contributed by atoms with Crippen LogP contribution < -0.4 is 5.32 Å². The fourth-order valence-corrected chi connectivity index (χ4v) is 2.11. The van der Waals surface area contributed by atoms with Gasteiger partial charge < -0.3 is 9.73 Å². The molecule has 0 saturated heterocycles. The summed E-state index contributed by atoms with van der Waals surface area (Å²) in [7, 11) is 0. The average Bonchev–Trinajstić information content (AvgIpc) is 3.04. The van der Waals surface area contributed by atoms with Gasteiger partial charge in [0.05, 0.1) is 0 Å². The Morgan fingerprint density at radius 2 is 1.82 bits per heavy atom. The predicted octanol–water partition coefficient (Wildman–Crippen LogP) is 3.41. The first-order valence-electron chi connectivity index (χ1n) is 6.76. The van der Waals surface area contributed by atoms with Crippen molar-refractivity contribution in [3.63, 3.8) is 0 Å². The molecule has 0 aliphatic rings. The SMILES string of the molecule is O=C(NCc1ccccc1F)c1ocnc1-c1ccccc1. The highest BCUT2D eigenvalue weighted by Gasteiger charge is 2.18. The molecule has 0 unspecified atom stereocenters. The van der Waals surface area contributed by atoms with E-state index in [2.05, 4.69) is 10.3 Å². The molecule has 1 aromatic heterocycles. The van der Waals surface area contributed by atoms with Crippen LogP contribution in [0.5, 0.6) is 0 Å². The third-order valence-electron chi connectivity index (χ3n) is 3.22. The van der Waals surface area contributed by atoms with Crippen molar-refractivity contribution in [2.24, 2.45) is 0 Å². The van der Waals surface area contributed by atoms with Crippen LogP contribution in [0.4, 0.5) is 4.39 Å². The molecular formula is C17H13FN2O2. The second kappa shape index (κ2) is 6.22. The topological polar surface area (TPSA) is 55.1 Å². The van der Waals surface area contributed by atoms with Crippen LogP contribution in [-0.4, -0.2) is 10.9 Å². The number of carbonyl (C=O) groups is 1. The van der Waals surface area contributed by atoms with Gasteiger partial charge in [-0.05, 0) is 6.07 Å². The Morgan fingerprint density at radius 1 is 1.09 bits per heavy atom. The maximum atomic E-state index is 13.5. The highest BCUT2D eigenvalue weighted by atomic mass is 19.1. The maximum absolute atomic E-state index is 13.5. The quantitative estimate of drug-likeness (QED) is 0.802. The van der Waals surface area contributed by atoms with Crippen molar-refractivity contribution >= 4 is 5.91 Å². The predicted molar refractivity (Wildman–Crippen MR) is 79.5 cm³/mol. The van der Waals surface area contributed by atoms with E-state index >= 15 is 0 Å². The largest absolute Gasteiger partial charge is 0.438 e. The van der Waals surface area contributed by atoms with Crippen molar-refractivity contribution in [3.05, 3.63) is 78.1 Å². The molecule has 0 aliphatic carbocycles. The van der Waals surface area contributed by atoms with E-state index < -0.39 is 5.91 Å². The second-order valence-electron chi connectivity index (χ2n) is 4.67. The summed E-state index contributed by atoms with van der Waals surface area (Å²) in [5.74, 6) is -0.675. The molecule has 3 aromatic rings. The number of benzene rings is 2. The Balaban J connectivity index is 1.77. The van der Waals surface area contributed by atoms with Crippen LogP contribution >= 0.6 is 0 Å². The molecule has 2 aromatic carbocycles. The van der Waals surface area contributed by atoms with Gasteiger partial charge in [-0.2, -0.15) is 0 Å². The Hall–Kier alpha value is -2.95. The lowest BCUT2D eigenvalue weighted by molar-refractivity contribution is 0.0923. The maximum Gasteiger partial charge on any atom is 0.289 e. The van der Waals surface area contributed by atoms with E-state index in [0.717, 1.165) is 5.56 Å². The number of rotatable bonds is 4. The van der Waals surface area contributed by atoms with E-state index in [0.29, 0.717) is 11.3 Å². The molecular weight excluding hydrogens is 283 g/mol. The van der Waals surface area contributed by atoms with Crippen molar-refractivity contribution in [2.75, 3.05) is 0 Å². The molecule has 0 spiro atoms. The number of halogens is 1. The van der Waals surface area contributed by atoms with Gasteiger partial charge in [-0.1, -0.05) is 48.5 Å². The number of oxazole rings is 1. The molecule has 22 heavy (non-hydrogen) atoms. The molecule has 1 N–H and O–H groups in total. The zero-order valence-electron chi connectivity index (χ0n) is 11.6. The van der Waals surface area contributed by atoms with Crippen LogP contribution in [0.2, 0.25) is 0 Å². The van der Waals surface area contributed by atoms with Crippen molar-refractivity contribution in [1.29, 1.82) is 0 Å². The van der Waals surface area contributed by atoms with Crippen molar-refractivity contribution in [1.82, 2.24) is 10.3 Å². The summed E-state index contributed by atoms with van der Waals surface area (Å²) < 4.78 is 18.7. The Morgan fingerprint density at radius 3 is 2.59 bits per heavy atom. The minimum absolute atomic E-state index is 0.0838. The van der Waals surface area contributed by atoms with Gasteiger partial charge in [-0.3, -0.25) is 4.79 Å². The van der Waals surface area contributed by atoms with E-state index in [4.69, 9.17) is 4.42 Å². The molecule has 1 heterocycles. The third-order valence-corrected chi connectivity index (χ3v) is 3.22. The van der Waals surface area contributed by atoms with E-state index in [-0.39, 0.29) is 18.1 Å². The first kappa shape index (κ1) is 14.0. The van der Waals surface area contributed by atoms with Gasteiger partial charge in [-0.15, -0.1) is 0 Å². The molecule has 3 rings (SSSR count). The van der Waals surface area contributed by atoms with Gasteiger partial charge in [0.2, 0.25) is 5.76 Å². The minimum atomic E-state index is -0.431. The first-order chi connectivity index (χ1) is 10.8. The number of hydrogen-bond donors (Lipinski definition) is 1. The summed E-state index contributed by atoms with van der Waals surface area (Å²) in [6, 6.07) is 15.5. The van der Waals surface area contributed by atoms with Crippen LogP contribution in [0.15, 0.2) is 65.4 Å². The highest BCUT2D eigenvalue weighted by Crippen LogP contribution is 2.21. The average molecular weight is 296 g/mol. The second-order valence-corrected chi connectivity index (χ2v) is 4.67. The standard InChI is InChI=1S/C17H13FN2O2/c18-14-9-5-4-8-13(14)10-19-17(21)16-15(20-11-22-16)12-6-2-1-3-7-12/h1-9,11H,10H2,(H,19,21). The lowest BCUT2D eigenvalue weighted by Gasteiger charge is -2.05. The molecule has 4 nitrogen and oxygen atoms in total. The third kappa shape index (κ3) is 2.88. The number of nitrogens with one attached hydrogen (secondary N) is 1. The normalized spacial score (nSPS) is 10.4. The van der Waals surface area contributed by atoms with Crippen LogP contribution in [-0.2, 0) is 6.54 Å². The van der Waals surface area contributed by atoms with Crippen molar-refractivity contribution in [3.8, 4) is 11.3 Å².